The summed E-state index contributed by atoms with van der Waals surface area (Å²) < 4.78 is 13.4. The number of nitrogens with one attached hydrogen (secondary N) is 2. The summed E-state index contributed by atoms with van der Waals surface area (Å²) in [7, 11) is 1.69. The Kier molecular flexibility index (Phi) is 4.53. The van der Waals surface area contributed by atoms with Crippen LogP contribution in [0.4, 0.5) is 10.2 Å². The van der Waals surface area contributed by atoms with Crippen LogP contribution in [0.15, 0.2) is 36.5 Å². The Hall–Kier alpha value is -2.14. The molecular weight excluding hydrogens is 281 g/mol. The number of nitrogens with zero attached hydrogens (tertiary/aromatic N) is 1. The molecule has 0 aliphatic heterocycles. The first-order valence-electron chi connectivity index (χ1n) is 5.96. The largest absolute Gasteiger partial charge is 0.372 e. The molecule has 4 nitrogen and oxygen atoms in total. The van der Waals surface area contributed by atoms with Gasteiger partial charge >= 0.3 is 0 Å². The summed E-state index contributed by atoms with van der Waals surface area (Å²) in [5, 5.41) is 5.78. The lowest BCUT2D eigenvalue weighted by atomic mass is 10.2. The Morgan fingerprint density at radius 3 is 2.80 bits per heavy atom. The molecule has 104 valence electrons. The molecule has 0 atom stereocenters. The minimum Gasteiger partial charge on any atom is -0.372 e. The molecule has 2 N–H and O–H groups in total. The van der Waals surface area contributed by atoms with Crippen molar-refractivity contribution < 1.29 is 9.18 Å². The first kappa shape index (κ1) is 14.3. The van der Waals surface area contributed by atoms with E-state index in [1.807, 2.05) is 0 Å². The van der Waals surface area contributed by atoms with Crippen molar-refractivity contribution in [3.63, 3.8) is 0 Å². The molecule has 1 amide bonds. The fourth-order valence-corrected chi connectivity index (χ4v) is 1.93. The third kappa shape index (κ3) is 3.24. The highest BCUT2D eigenvalue weighted by Gasteiger charge is 2.10. The monoisotopic (exact) mass is 293 g/mol. The maximum Gasteiger partial charge on any atom is 0.253 e. The van der Waals surface area contributed by atoms with Crippen LogP contribution in [0.1, 0.15) is 15.9 Å². The third-order valence-electron chi connectivity index (χ3n) is 2.74. The summed E-state index contributed by atoms with van der Waals surface area (Å²) in [6.45, 7) is 0.108. The molecule has 0 spiro atoms. The number of anilines is 1. The zero-order chi connectivity index (χ0) is 14.5. The van der Waals surface area contributed by atoms with Crippen LogP contribution < -0.4 is 10.6 Å². The molecule has 0 fully saturated rings. The van der Waals surface area contributed by atoms with Gasteiger partial charge in [-0.2, -0.15) is 0 Å². The van der Waals surface area contributed by atoms with Crippen LogP contribution in [0.5, 0.6) is 0 Å². The second-order valence-electron chi connectivity index (χ2n) is 4.08. The molecule has 0 bridgehead atoms. The Labute approximate surface area is 121 Å². The SMILES string of the molecule is CNc1ncc(C(=O)NCc2ccccc2F)cc1Cl. The van der Waals surface area contributed by atoms with Crippen molar-refractivity contribution in [2.75, 3.05) is 12.4 Å². The first-order valence-corrected chi connectivity index (χ1v) is 6.34. The number of hydrogen-bond acceptors (Lipinski definition) is 3. The van der Waals surface area contributed by atoms with Crippen LogP contribution >= 0.6 is 11.6 Å². The van der Waals surface area contributed by atoms with E-state index in [1.54, 1.807) is 25.2 Å². The molecule has 0 unspecified atom stereocenters. The van der Waals surface area contributed by atoms with Gasteiger partial charge in [-0.05, 0) is 12.1 Å². The zero-order valence-electron chi connectivity index (χ0n) is 10.8. The summed E-state index contributed by atoms with van der Waals surface area (Å²) in [6.07, 6.45) is 1.41. The van der Waals surface area contributed by atoms with Crippen LogP contribution in [0.3, 0.4) is 0 Å². The van der Waals surface area contributed by atoms with E-state index in [-0.39, 0.29) is 18.3 Å². The standard InChI is InChI=1S/C14H13ClFN3O/c1-17-13-11(15)6-10(8-18-13)14(20)19-7-9-4-2-3-5-12(9)16/h2-6,8H,7H2,1H3,(H,17,18)(H,19,20). The molecule has 1 aromatic heterocycles. The van der Waals surface area contributed by atoms with Gasteiger partial charge in [0.05, 0.1) is 10.6 Å². The zero-order valence-corrected chi connectivity index (χ0v) is 11.5. The number of amides is 1. The quantitative estimate of drug-likeness (QED) is 0.911. The van der Waals surface area contributed by atoms with Gasteiger partial charge in [0, 0.05) is 25.4 Å². The second-order valence-corrected chi connectivity index (χ2v) is 4.49. The maximum absolute atomic E-state index is 13.4. The smallest absolute Gasteiger partial charge is 0.253 e. The highest BCUT2D eigenvalue weighted by Crippen LogP contribution is 2.19. The molecular formula is C14H13ClFN3O. The van der Waals surface area contributed by atoms with E-state index in [9.17, 15) is 9.18 Å². The molecule has 0 aliphatic rings. The van der Waals surface area contributed by atoms with Crippen molar-refractivity contribution in [2.45, 2.75) is 6.54 Å². The highest BCUT2D eigenvalue weighted by atomic mass is 35.5. The van der Waals surface area contributed by atoms with Gasteiger partial charge in [0.2, 0.25) is 0 Å². The molecule has 1 heterocycles. The van der Waals surface area contributed by atoms with Crippen molar-refractivity contribution in [3.05, 3.63) is 58.5 Å². The van der Waals surface area contributed by atoms with Crippen LogP contribution in [-0.2, 0) is 6.54 Å². The van der Waals surface area contributed by atoms with E-state index in [1.165, 1.54) is 18.3 Å². The van der Waals surface area contributed by atoms with E-state index >= 15 is 0 Å². The molecule has 0 aliphatic carbocycles. The van der Waals surface area contributed by atoms with Gasteiger partial charge in [-0.3, -0.25) is 4.79 Å². The van der Waals surface area contributed by atoms with Gasteiger partial charge in [-0.1, -0.05) is 29.8 Å². The first-order chi connectivity index (χ1) is 9.61. The predicted molar refractivity (Wildman–Crippen MR) is 76.4 cm³/mol. The van der Waals surface area contributed by atoms with Crippen molar-refractivity contribution in [1.29, 1.82) is 0 Å². The Morgan fingerprint density at radius 1 is 1.40 bits per heavy atom. The molecule has 0 radical (unpaired) electrons. The summed E-state index contributed by atoms with van der Waals surface area (Å²) >= 11 is 5.95. The predicted octanol–water partition coefficient (Wildman–Crippen LogP) is 2.85. The van der Waals surface area contributed by atoms with E-state index in [4.69, 9.17) is 11.6 Å². The number of pyridine rings is 1. The number of halogens is 2. The Morgan fingerprint density at radius 2 is 2.15 bits per heavy atom. The lowest BCUT2D eigenvalue weighted by Gasteiger charge is -2.08. The maximum atomic E-state index is 13.4. The normalized spacial score (nSPS) is 10.2. The summed E-state index contributed by atoms with van der Waals surface area (Å²) in [6, 6.07) is 7.79. The number of rotatable bonds is 4. The topological polar surface area (TPSA) is 54.0 Å². The molecule has 0 saturated heterocycles. The Balaban J connectivity index is 2.05. The minimum absolute atomic E-state index is 0.108. The number of aromatic nitrogens is 1. The average molecular weight is 294 g/mol. The lowest BCUT2D eigenvalue weighted by Crippen LogP contribution is -2.23. The van der Waals surface area contributed by atoms with Crippen molar-refractivity contribution >= 4 is 23.3 Å². The van der Waals surface area contributed by atoms with E-state index in [2.05, 4.69) is 15.6 Å². The van der Waals surface area contributed by atoms with Gasteiger partial charge < -0.3 is 10.6 Å². The van der Waals surface area contributed by atoms with Crippen molar-refractivity contribution in [1.82, 2.24) is 10.3 Å². The molecule has 20 heavy (non-hydrogen) atoms. The summed E-state index contributed by atoms with van der Waals surface area (Å²) in [4.78, 5) is 15.9. The van der Waals surface area contributed by atoms with Gasteiger partial charge in [-0.25, -0.2) is 9.37 Å². The van der Waals surface area contributed by atoms with E-state index in [0.717, 1.165) is 0 Å². The number of carbonyl (C=O) groups is 1. The number of carbonyl (C=O) groups excluding carboxylic acids is 1. The fourth-order valence-electron chi connectivity index (χ4n) is 1.67. The highest BCUT2D eigenvalue weighted by molar-refractivity contribution is 6.33. The van der Waals surface area contributed by atoms with Crippen LogP contribution in [0.25, 0.3) is 0 Å². The van der Waals surface area contributed by atoms with Gasteiger partial charge in [0.15, 0.2) is 0 Å². The molecule has 6 heteroatoms. The van der Waals surface area contributed by atoms with Crippen LogP contribution in [-0.4, -0.2) is 17.9 Å². The van der Waals surface area contributed by atoms with Gasteiger partial charge in [-0.15, -0.1) is 0 Å². The molecule has 2 rings (SSSR count). The van der Waals surface area contributed by atoms with Crippen LogP contribution in [0, 0.1) is 5.82 Å². The average Bonchev–Trinajstić information content (AvgIpc) is 2.46. The van der Waals surface area contributed by atoms with E-state index < -0.39 is 0 Å². The molecule has 0 saturated carbocycles. The number of benzene rings is 1. The lowest BCUT2D eigenvalue weighted by molar-refractivity contribution is 0.0950. The van der Waals surface area contributed by atoms with Crippen molar-refractivity contribution in [3.8, 4) is 0 Å². The second kappa shape index (κ2) is 6.34. The van der Waals surface area contributed by atoms with Crippen molar-refractivity contribution in [2.24, 2.45) is 0 Å². The van der Waals surface area contributed by atoms with Gasteiger partial charge in [0.1, 0.15) is 11.6 Å². The Bertz CT molecular complexity index is 634. The van der Waals surface area contributed by atoms with Crippen LogP contribution in [0.2, 0.25) is 5.02 Å². The van der Waals surface area contributed by atoms with Gasteiger partial charge in [0.25, 0.3) is 5.91 Å². The summed E-state index contributed by atoms with van der Waals surface area (Å²) in [5.74, 6) is -0.211. The molecule has 1 aromatic carbocycles. The summed E-state index contributed by atoms with van der Waals surface area (Å²) in [5.41, 5.74) is 0.747. The van der Waals surface area contributed by atoms with E-state index in [0.29, 0.717) is 22.0 Å². The minimum atomic E-state index is -0.356. The third-order valence-corrected chi connectivity index (χ3v) is 3.03. The number of hydrogen-bond donors (Lipinski definition) is 2. The fraction of sp³-hybridized carbons (Fsp3) is 0.143. The molecule has 2 aromatic rings.